The largest absolute Gasteiger partial charge is 0.0839 e. The minimum Gasteiger partial charge on any atom is -0.0839 e. The van der Waals surface area contributed by atoms with Crippen LogP contribution in [0.2, 0.25) is 0 Å². The fourth-order valence-corrected chi connectivity index (χ4v) is 3.83. The molecule has 0 spiro atoms. The molecule has 1 saturated carbocycles. The van der Waals surface area contributed by atoms with E-state index in [1.807, 2.05) is 0 Å². The summed E-state index contributed by atoms with van der Waals surface area (Å²) in [6, 6.07) is 7.11. The van der Waals surface area contributed by atoms with Crippen molar-refractivity contribution < 1.29 is 0 Å². The predicted octanol–water partition coefficient (Wildman–Crippen LogP) is 6.56. The van der Waals surface area contributed by atoms with Gasteiger partial charge in [0.2, 0.25) is 0 Å². The number of hydrogen-bond donors (Lipinski definition) is 0. The first kappa shape index (κ1) is 15.1. The summed E-state index contributed by atoms with van der Waals surface area (Å²) in [5.74, 6) is 2.18. The Morgan fingerprint density at radius 3 is 2.21 bits per heavy atom. The summed E-state index contributed by atoms with van der Waals surface area (Å²) >= 11 is 3.94. The molecule has 1 unspecified atom stereocenters. The van der Waals surface area contributed by atoms with Crippen molar-refractivity contribution in [2.45, 2.75) is 70.0 Å². The quantitative estimate of drug-likeness (QED) is 0.538. The number of benzene rings is 1. The lowest BCUT2D eigenvalue weighted by molar-refractivity contribution is 0.295. The number of rotatable bonds is 5. The summed E-state index contributed by atoms with van der Waals surface area (Å²) in [6.07, 6.45) is 5.61. The van der Waals surface area contributed by atoms with Crippen molar-refractivity contribution in [3.8, 4) is 0 Å². The zero-order valence-electron chi connectivity index (χ0n) is 12.7. The molecule has 2 rings (SSSR count). The number of alkyl halides is 1. The van der Waals surface area contributed by atoms with Gasteiger partial charge < -0.3 is 0 Å². The topological polar surface area (TPSA) is 0 Å². The van der Waals surface area contributed by atoms with Crippen molar-refractivity contribution in [3.63, 3.8) is 0 Å². The van der Waals surface area contributed by atoms with Crippen LogP contribution in [0.15, 0.2) is 18.2 Å². The van der Waals surface area contributed by atoms with Crippen LogP contribution in [0.4, 0.5) is 0 Å². The van der Waals surface area contributed by atoms with Crippen LogP contribution in [0, 0.1) is 5.92 Å². The molecule has 1 aliphatic rings. The van der Waals surface area contributed by atoms with Gasteiger partial charge in [0.15, 0.2) is 0 Å². The molecule has 0 bridgehead atoms. The van der Waals surface area contributed by atoms with Gasteiger partial charge in [0.1, 0.15) is 0 Å². The normalized spacial score (nSPS) is 17.8. The van der Waals surface area contributed by atoms with Crippen LogP contribution in [0.3, 0.4) is 0 Å². The van der Waals surface area contributed by atoms with Crippen LogP contribution < -0.4 is 0 Å². The van der Waals surface area contributed by atoms with Crippen molar-refractivity contribution >= 4 is 15.9 Å². The Kier molecular flexibility index (Phi) is 5.11. The molecule has 106 valence electrons. The van der Waals surface area contributed by atoms with E-state index < -0.39 is 0 Å². The highest BCUT2D eigenvalue weighted by molar-refractivity contribution is 9.09. The van der Waals surface area contributed by atoms with Gasteiger partial charge >= 0.3 is 0 Å². The van der Waals surface area contributed by atoms with E-state index in [-0.39, 0.29) is 0 Å². The minimum atomic E-state index is 0.538. The summed E-state index contributed by atoms with van der Waals surface area (Å²) in [5.41, 5.74) is 4.52. The lowest BCUT2D eigenvalue weighted by atomic mass is 9.80. The van der Waals surface area contributed by atoms with Gasteiger partial charge in [-0.2, -0.15) is 0 Å². The van der Waals surface area contributed by atoms with E-state index in [1.165, 1.54) is 42.4 Å². The molecule has 1 fully saturated rings. The van der Waals surface area contributed by atoms with E-state index in [9.17, 15) is 0 Å². The molecule has 0 heterocycles. The molecule has 1 aliphatic carbocycles. The smallest absolute Gasteiger partial charge is 0.0400 e. The Balaban J connectivity index is 2.22. The Labute approximate surface area is 127 Å². The predicted molar refractivity (Wildman–Crippen MR) is 88.2 cm³/mol. The molecule has 0 N–H and O–H groups in total. The van der Waals surface area contributed by atoms with Crippen molar-refractivity contribution in [2.75, 3.05) is 0 Å². The van der Waals surface area contributed by atoms with E-state index in [4.69, 9.17) is 0 Å². The summed E-state index contributed by atoms with van der Waals surface area (Å²) in [6.45, 7) is 9.18. The second-order valence-corrected chi connectivity index (χ2v) is 7.80. The van der Waals surface area contributed by atoms with E-state index in [1.54, 1.807) is 0 Å². The van der Waals surface area contributed by atoms with Gasteiger partial charge in [0.05, 0.1) is 0 Å². The average molecular weight is 323 g/mol. The maximum atomic E-state index is 3.94. The Hall–Kier alpha value is -0.300. The standard InChI is InChI=1S/C18H27Br/c1-12(2)15-8-9-16(17(11-15)13(3)4)18(19)10-14-6-5-7-14/h8-9,11-14,18H,5-7,10H2,1-4H3. The molecular weight excluding hydrogens is 296 g/mol. The van der Waals surface area contributed by atoms with Gasteiger partial charge in [-0.15, -0.1) is 0 Å². The van der Waals surface area contributed by atoms with Gasteiger partial charge in [0, 0.05) is 4.83 Å². The Morgan fingerprint density at radius 1 is 1.05 bits per heavy atom. The van der Waals surface area contributed by atoms with Gasteiger partial charge in [-0.25, -0.2) is 0 Å². The Morgan fingerprint density at radius 2 is 1.74 bits per heavy atom. The van der Waals surface area contributed by atoms with Gasteiger partial charge in [0.25, 0.3) is 0 Å². The number of halogens is 1. The highest BCUT2D eigenvalue weighted by Gasteiger charge is 2.23. The molecule has 0 radical (unpaired) electrons. The third-order valence-electron chi connectivity index (χ3n) is 4.50. The molecule has 0 nitrogen and oxygen atoms in total. The first-order valence-electron chi connectivity index (χ1n) is 7.76. The lowest BCUT2D eigenvalue weighted by Gasteiger charge is -2.29. The first-order chi connectivity index (χ1) is 8.99. The van der Waals surface area contributed by atoms with Crippen molar-refractivity contribution in [2.24, 2.45) is 5.92 Å². The maximum absolute atomic E-state index is 3.94. The average Bonchev–Trinajstić information content (AvgIpc) is 2.32. The first-order valence-corrected chi connectivity index (χ1v) is 8.68. The Bertz CT molecular complexity index is 416. The highest BCUT2D eigenvalue weighted by atomic mass is 79.9. The van der Waals surface area contributed by atoms with Gasteiger partial charge in [-0.05, 0) is 40.9 Å². The maximum Gasteiger partial charge on any atom is 0.0400 e. The zero-order chi connectivity index (χ0) is 14.0. The fraction of sp³-hybridized carbons (Fsp3) is 0.667. The van der Waals surface area contributed by atoms with E-state index in [0.717, 1.165) is 5.92 Å². The van der Waals surface area contributed by atoms with E-state index in [2.05, 4.69) is 61.8 Å². The third kappa shape index (κ3) is 3.62. The fourth-order valence-electron chi connectivity index (χ4n) is 2.89. The van der Waals surface area contributed by atoms with Gasteiger partial charge in [-0.1, -0.05) is 81.1 Å². The van der Waals surface area contributed by atoms with Crippen LogP contribution in [-0.2, 0) is 0 Å². The van der Waals surface area contributed by atoms with Crippen molar-refractivity contribution in [3.05, 3.63) is 34.9 Å². The molecule has 0 saturated heterocycles. The molecular formula is C18H27Br. The monoisotopic (exact) mass is 322 g/mol. The third-order valence-corrected chi connectivity index (χ3v) is 5.37. The molecule has 0 aromatic heterocycles. The zero-order valence-corrected chi connectivity index (χ0v) is 14.3. The second kappa shape index (κ2) is 6.43. The van der Waals surface area contributed by atoms with Crippen LogP contribution >= 0.6 is 15.9 Å². The van der Waals surface area contributed by atoms with Crippen LogP contribution in [0.1, 0.15) is 86.7 Å². The van der Waals surface area contributed by atoms with Crippen molar-refractivity contribution in [1.29, 1.82) is 0 Å². The minimum absolute atomic E-state index is 0.538. The van der Waals surface area contributed by atoms with Crippen molar-refractivity contribution in [1.82, 2.24) is 0 Å². The molecule has 1 atom stereocenters. The van der Waals surface area contributed by atoms with E-state index in [0.29, 0.717) is 16.7 Å². The second-order valence-electron chi connectivity index (χ2n) is 6.70. The molecule has 0 aliphatic heterocycles. The van der Waals surface area contributed by atoms with Crippen LogP contribution in [-0.4, -0.2) is 0 Å². The molecule has 1 heteroatoms. The van der Waals surface area contributed by atoms with E-state index >= 15 is 0 Å². The molecule has 0 amide bonds. The summed E-state index contributed by atoms with van der Waals surface area (Å²) in [7, 11) is 0. The summed E-state index contributed by atoms with van der Waals surface area (Å²) in [5, 5.41) is 0. The number of hydrogen-bond acceptors (Lipinski definition) is 0. The van der Waals surface area contributed by atoms with Crippen LogP contribution in [0.25, 0.3) is 0 Å². The SMILES string of the molecule is CC(C)c1ccc(C(Br)CC2CCC2)c(C(C)C)c1. The van der Waals surface area contributed by atoms with Crippen LogP contribution in [0.5, 0.6) is 0 Å². The molecule has 1 aromatic rings. The summed E-state index contributed by atoms with van der Waals surface area (Å²) < 4.78 is 0. The lowest BCUT2D eigenvalue weighted by Crippen LogP contribution is -2.13. The summed E-state index contributed by atoms with van der Waals surface area (Å²) in [4.78, 5) is 0.538. The molecule has 1 aromatic carbocycles. The highest BCUT2D eigenvalue weighted by Crippen LogP contribution is 2.41. The van der Waals surface area contributed by atoms with Gasteiger partial charge in [-0.3, -0.25) is 0 Å². The molecule has 19 heavy (non-hydrogen) atoms.